The van der Waals surface area contributed by atoms with Gasteiger partial charge in [0, 0.05) is 31.4 Å². The van der Waals surface area contributed by atoms with E-state index in [1.54, 1.807) is 20.3 Å². The number of imidazole rings is 1. The normalized spacial score (nSPS) is 15.4. The molecule has 0 saturated carbocycles. The van der Waals surface area contributed by atoms with E-state index in [2.05, 4.69) is 10.2 Å². The SMILES string of the molecule is COc1ccc(-c2nc3c(Cl)cc(Cl)cn3c2CN2CCCNCC2)cc1OC. The quantitative estimate of drug-likeness (QED) is 0.654. The van der Waals surface area contributed by atoms with Gasteiger partial charge in [0.1, 0.15) is 0 Å². The van der Waals surface area contributed by atoms with E-state index in [1.807, 2.05) is 28.8 Å². The van der Waals surface area contributed by atoms with Gasteiger partial charge >= 0.3 is 0 Å². The molecule has 3 heterocycles. The number of halogens is 2. The van der Waals surface area contributed by atoms with Gasteiger partial charge in [-0.25, -0.2) is 4.98 Å². The number of pyridine rings is 1. The summed E-state index contributed by atoms with van der Waals surface area (Å²) in [6.45, 7) is 4.78. The summed E-state index contributed by atoms with van der Waals surface area (Å²) in [6, 6.07) is 7.56. The summed E-state index contributed by atoms with van der Waals surface area (Å²) in [5.74, 6) is 1.34. The second-order valence-electron chi connectivity index (χ2n) is 7.06. The largest absolute Gasteiger partial charge is 0.493 e. The molecule has 1 fully saturated rings. The van der Waals surface area contributed by atoms with E-state index in [9.17, 15) is 0 Å². The van der Waals surface area contributed by atoms with Crippen LogP contribution in [0.5, 0.6) is 11.5 Å². The van der Waals surface area contributed by atoms with E-state index >= 15 is 0 Å². The van der Waals surface area contributed by atoms with Gasteiger partial charge in [-0.2, -0.15) is 0 Å². The number of nitrogens with one attached hydrogen (secondary N) is 1. The van der Waals surface area contributed by atoms with Crippen molar-refractivity contribution >= 4 is 28.8 Å². The Kier molecular flexibility index (Phi) is 6.15. The monoisotopic (exact) mass is 434 g/mol. The number of rotatable bonds is 5. The first kappa shape index (κ1) is 20.3. The van der Waals surface area contributed by atoms with Crippen molar-refractivity contribution in [2.75, 3.05) is 40.4 Å². The van der Waals surface area contributed by atoms with Crippen LogP contribution in [0, 0.1) is 0 Å². The molecule has 1 aliphatic heterocycles. The molecular formula is C21H24Cl2N4O2. The lowest BCUT2D eigenvalue weighted by Gasteiger charge is -2.20. The molecule has 0 atom stereocenters. The van der Waals surface area contributed by atoms with E-state index in [1.165, 1.54) is 0 Å². The first-order valence-corrected chi connectivity index (χ1v) is 10.4. The molecule has 1 aromatic carbocycles. The predicted octanol–water partition coefficient (Wildman–Crippen LogP) is 4.12. The van der Waals surface area contributed by atoms with Crippen molar-refractivity contribution in [2.45, 2.75) is 13.0 Å². The number of aromatic nitrogens is 2. The van der Waals surface area contributed by atoms with Crippen LogP contribution in [0.15, 0.2) is 30.5 Å². The van der Waals surface area contributed by atoms with Crippen molar-refractivity contribution in [3.63, 3.8) is 0 Å². The van der Waals surface area contributed by atoms with E-state index < -0.39 is 0 Å². The summed E-state index contributed by atoms with van der Waals surface area (Å²) in [5.41, 5.74) is 3.57. The zero-order chi connectivity index (χ0) is 20.4. The van der Waals surface area contributed by atoms with Crippen LogP contribution in [0.2, 0.25) is 10.0 Å². The van der Waals surface area contributed by atoms with E-state index in [0.29, 0.717) is 27.2 Å². The molecule has 154 valence electrons. The van der Waals surface area contributed by atoms with Crippen LogP contribution in [0.25, 0.3) is 16.9 Å². The minimum atomic E-state index is 0.531. The molecule has 6 nitrogen and oxygen atoms in total. The summed E-state index contributed by atoms with van der Waals surface area (Å²) in [6.07, 6.45) is 3.00. The third kappa shape index (κ3) is 4.16. The summed E-state index contributed by atoms with van der Waals surface area (Å²) >= 11 is 12.8. The number of hydrogen-bond acceptors (Lipinski definition) is 5. The van der Waals surface area contributed by atoms with Crippen molar-refractivity contribution in [1.29, 1.82) is 0 Å². The van der Waals surface area contributed by atoms with Crippen molar-refractivity contribution in [2.24, 2.45) is 0 Å². The van der Waals surface area contributed by atoms with Gasteiger partial charge in [0.05, 0.1) is 35.7 Å². The molecule has 1 aliphatic rings. The van der Waals surface area contributed by atoms with E-state index in [0.717, 1.165) is 56.1 Å². The van der Waals surface area contributed by atoms with Gasteiger partial charge < -0.3 is 14.8 Å². The van der Waals surface area contributed by atoms with E-state index in [4.69, 9.17) is 37.7 Å². The summed E-state index contributed by atoms with van der Waals surface area (Å²) in [5, 5.41) is 4.56. The Labute approximate surface area is 180 Å². The molecule has 0 amide bonds. The molecule has 3 aromatic rings. The maximum Gasteiger partial charge on any atom is 0.161 e. The molecule has 0 radical (unpaired) electrons. The lowest BCUT2D eigenvalue weighted by Crippen LogP contribution is -2.28. The molecule has 8 heteroatoms. The second kappa shape index (κ2) is 8.79. The Balaban J connectivity index is 1.85. The summed E-state index contributed by atoms with van der Waals surface area (Å²) in [7, 11) is 3.26. The highest BCUT2D eigenvalue weighted by Gasteiger charge is 2.21. The maximum absolute atomic E-state index is 6.47. The Hall–Kier alpha value is -1.99. The first-order chi connectivity index (χ1) is 14.1. The number of nitrogens with zero attached hydrogens (tertiary/aromatic N) is 3. The molecule has 1 N–H and O–H groups in total. The molecular weight excluding hydrogens is 411 g/mol. The van der Waals surface area contributed by atoms with Crippen molar-refractivity contribution in [3.8, 4) is 22.8 Å². The number of methoxy groups -OCH3 is 2. The molecule has 1 saturated heterocycles. The van der Waals surface area contributed by atoms with Crippen molar-refractivity contribution in [3.05, 3.63) is 46.2 Å². The van der Waals surface area contributed by atoms with Crippen LogP contribution in [-0.4, -0.2) is 54.7 Å². The minimum absolute atomic E-state index is 0.531. The van der Waals surface area contributed by atoms with Gasteiger partial charge in [0.15, 0.2) is 17.1 Å². The average Bonchev–Trinajstić information content (AvgIpc) is 2.89. The molecule has 0 unspecified atom stereocenters. The standard InChI is InChI=1S/C21H24Cl2N4O2/c1-28-18-5-4-14(10-19(18)29-2)20-17(13-26-8-3-6-24-7-9-26)27-12-15(22)11-16(23)21(27)25-20/h4-5,10-12,24H,3,6-9,13H2,1-2H3. The van der Waals surface area contributed by atoms with Crippen LogP contribution >= 0.6 is 23.2 Å². The fourth-order valence-electron chi connectivity index (χ4n) is 3.76. The minimum Gasteiger partial charge on any atom is -0.493 e. The third-order valence-corrected chi connectivity index (χ3v) is 5.69. The molecule has 0 bridgehead atoms. The summed E-state index contributed by atoms with van der Waals surface area (Å²) < 4.78 is 12.9. The van der Waals surface area contributed by atoms with Crippen molar-refractivity contribution in [1.82, 2.24) is 19.6 Å². The molecule has 4 rings (SSSR count). The lowest BCUT2D eigenvalue weighted by atomic mass is 10.1. The number of ether oxygens (including phenoxy) is 2. The highest BCUT2D eigenvalue weighted by Crippen LogP contribution is 2.35. The van der Waals surface area contributed by atoms with Gasteiger partial charge in [0.25, 0.3) is 0 Å². The fraction of sp³-hybridized carbons (Fsp3) is 0.381. The first-order valence-electron chi connectivity index (χ1n) is 9.62. The van der Waals surface area contributed by atoms with Crippen LogP contribution in [0.3, 0.4) is 0 Å². The van der Waals surface area contributed by atoms with Gasteiger partial charge in [-0.15, -0.1) is 0 Å². The van der Waals surface area contributed by atoms with Gasteiger partial charge in [-0.1, -0.05) is 23.2 Å². The van der Waals surface area contributed by atoms with Gasteiger partial charge in [0.2, 0.25) is 0 Å². The number of hydrogen-bond donors (Lipinski definition) is 1. The highest BCUT2D eigenvalue weighted by molar-refractivity contribution is 6.36. The Bertz CT molecular complexity index is 1010. The number of benzene rings is 1. The molecule has 0 aliphatic carbocycles. The average molecular weight is 435 g/mol. The van der Waals surface area contributed by atoms with Crippen molar-refractivity contribution < 1.29 is 9.47 Å². The predicted molar refractivity (Wildman–Crippen MR) is 117 cm³/mol. The van der Waals surface area contributed by atoms with Crippen LogP contribution in [0.1, 0.15) is 12.1 Å². The maximum atomic E-state index is 6.47. The number of fused-ring (bicyclic) bond motifs is 1. The van der Waals surface area contributed by atoms with E-state index in [-0.39, 0.29) is 0 Å². The van der Waals surface area contributed by atoms with Gasteiger partial charge in [-0.05, 0) is 43.8 Å². The second-order valence-corrected chi connectivity index (χ2v) is 7.90. The molecule has 0 spiro atoms. The Morgan fingerprint density at radius 2 is 1.90 bits per heavy atom. The van der Waals surface area contributed by atoms with Gasteiger partial charge in [-0.3, -0.25) is 9.30 Å². The third-order valence-electron chi connectivity index (χ3n) is 5.20. The zero-order valence-corrected chi connectivity index (χ0v) is 18.1. The molecule has 2 aromatic heterocycles. The highest BCUT2D eigenvalue weighted by atomic mass is 35.5. The zero-order valence-electron chi connectivity index (χ0n) is 16.5. The van der Waals surface area contributed by atoms with Crippen LogP contribution in [-0.2, 0) is 6.54 Å². The fourth-order valence-corrected chi connectivity index (χ4v) is 4.27. The van der Waals surface area contributed by atoms with Crippen LogP contribution in [0.4, 0.5) is 0 Å². The topological polar surface area (TPSA) is 51.0 Å². The Morgan fingerprint density at radius 3 is 2.69 bits per heavy atom. The smallest absolute Gasteiger partial charge is 0.161 e. The van der Waals surface area contributed by atoms with Crippen LogP contribution < -0.4 is 14.8 Å². The lowest BCUT2D eigenvalue weighted by molar-refractivity contribution is 0.281. The molecule has 29 heavy (non-hydrogen) atoms. The Morgan fingerprint density at radius 1 is 1.07 bits per heavy atom. The summed E-state index contributed by atoms with van der Waals surface area (Å²) in [4.78, 5) is 7.31.